The molecule has 0 aliphatic heterocycles. The number of benzene rings is 7. The van der Waals surface area contributed by atoms with Gasteiger partial charge in [0, 0.05) is 10.8 Å². The maximum absolute atomic E-state index is 5.05. The molecule has 1 nitrogen and oxygen atoms in total. The molecule has 0 bridgehead atoms. The Bertz CT molecular complexity index is 2280. The molecule has 1 aliphatic carbocycles. The van der Waals surface area contributed by atoms with Crippen LogP contribution in [0.1, 0.15) is 0 Å². The van der Waals surface area contributed by atoms with Gasteiger partial charge in [-0.25, -0.2) is 4.98 Å². The van der Waals surface area contributed by atoms with E-state index in [1.54, 1.807) is 0 Å². The van der Waals surface area contributed by atoms with Crippen LogP contribution in [0, 0.1) is 0 Å². The third kappa shape index (κ3) is 3.06. The lowest BCUT2D eigenvalue weighted by atomic mass is 9.93. The number of nitrogens with zero attached hydrogens (tertiary/aromatic N) is 1. The molecule has 8 aromatic rings. The predicted molar refractivity (Wildman–Crippen MR) is 170 cm³/mol. The van der Waals surface area contributed by atoms with E-state index in [-0.39, 0.29) is 0 Å². The number of hydrogen-bond donors (Lipinski definition) is 0. The fourth-order valence-corrected chi connectivity index (χ4v) is 6.66. The molecule has 40 heavy (non-hydrogen) atoms. The van der Waals surface area contributed by atoms with Crippen LogP contribution in [0.4, 0.5) is 0 Å². The van der Waals surface area contributed by atoms with E-state index >= 15 is 0 Å². The second-order valence-corrected chi connectivity index (χ2v) is 10.8. The molecule has 0 radical (unpaired) electrons. The van der Waals surface area contributed by atoms with Crippen molar-refractivity contribution in [1.29, 1.82) is 0 Å². The summed E-state index contributed by atoms with van der Waals surface area (Å²) in [5, 5.41) is 7.55. The highest BCUT2D eigenvalue weighted by Crippen LogP contribution is 2.49. The van der Waals surface area contributed by atoms with E-state index in [0.717, 1.165) is 16.4 Å². The van der Waals surface area contributed by atoms with E-state index in [1.807, 2.05) is 0 Å². The van der Waals surface area contributed by atoms with Gasteiger partial charge in [0.05, 0.1) is 11.0 Å². The van der Waals surface area contributed by atoms with Crippen molar-refractivity contribution in [1.82, 2.24) is 4.98 Å². The molecule has 0 N–H and O–H groups in total. The minimum atomic E-state index is 1.02. The number of fused-ring (bicyclic) bond motifs is 7. The minimum Gasteiger partial charge on any atom is -0.248 e. The summed E-state index contributed by atoms with van der Waals surface area (Å²) in [6.45, 7) is 0. The van der Waals surface area contributed by atoms with Crippen molar-refractivity contribution in [2.24, 2.45) is 0 Å². The van der Waals surface area contributed by atoms with E-state index in [9.17, 15) is 0 Å². The highest BCUT2D eigenvalue weighted by atomic mass is 14.7. The van der Waals surface area contributed by atoms with Crippen molar-refractivity contribution in [2.45, 2.75) is 0 Å². The van der Waals surface area contributed by atoms with Crippen molar-refractivity contribution in [2.75, 3.05) is 0 Å². The van der Waals surface area contributed by atoms with Gasteiger partial charge in [0.15, 0.2) is 0 Å². The molecule has 0 amide bonds. The summed E-state index contributed by atoms with van der Waals surface area (Å²) in [7, 11) is 0. The Kier molecular flexibility index (Phi) is 4.39. The van der Waals surface area contributed by atoms with Crippen LogP contribution in [-0.2, 0) is 0 Å². The molecule has 0 fully saturated rings. The summed E-state index contributed by atoms with van der Waals surface area (Å²) in [6, 6.07) is 50.8. The molecule has 0 unspecified atom stereocenters. The Morgan fingerprint density at radius 1 is 0.325 bits per heavy atom. The predicted octanol–water partition coefficient (Wildman–Crippen LogP) is 10.7. The molecule has 1 heteroatoms. The lowest BCUT2D eigenvalue weighted by Crippen LogP contribution is -1.87. The van der Waals surface area contributed by atoms with Gasteiger partial charge in [-0.1, -0.05) is 121 Å². The average molecular weight is 506 g/mol. The van der Waals surface area contributed by atoms with Gasteiger partial charge >= 0.3 is 0 Å². The van der Waals surface area contributed by atoms with Crippen LogP contribution < -0.4 is 0 Å². The molecule has 184 valence electrons. The fourth-order valence-electron chi connectivity index (χ4n) is 6.66. The molecule has 0 spiro atoms. The van der Waals surface area contributed by atoms with E-state index in [4.69, 9.17) is 4.98 Å². The number of aromatic nitrogens is 1. The van der Waals surface area contributed by atoms with Crippen LogP contribution in [-0.4, -0.2) is 4.98 Å². The third-order valence-corrected chi connectivity index (χ3v) is 8.60. The summed E-state index contributed by atoms with van der Waals surface area (Å²) in [5.74, 6) is 0. The smallest absolute Gasteiger partial charge is 0.0716 e. The topological polar surface area (TPSA) is 12.9 Å². The first-order valence-electron chi connectivity index (χ1n) is 13.8. The molecule has 1 aliphatic rings. The Labute approximate surface area is 232 Å². The Hall–Kier alpha value is -5.27. The van der Waals surface area contributed by atoms with E-state index < -0.39 is 0 Å². The highest BCUT2D eigenvalue weighted by Gasteiger charge is 2.22. The molecule has 9 rings (SSSR count). The summed E-state index contributed by atoms with van der Waals surface area (Å²) < 4.78 is 0. The second-order valence-electron chi connectivity index (χ2n) is 10.8. The molecular weight excluding hydrogens is 482 g/mol. The first-order chi connectivity index (χ1) is 19.8. The summed E-state index contributed by atoms with van der Waals surface area (Å²) in [5.41, 5.74) is 12.3. The molecule has 0 saturated heterocycles. The highest BCUT2D eigenvalue weighted by molar-refractivity contribution is 6.18. The quantitative estimate of drug-likeness (QED) is 0.168. The summed E-state index contributed by atoms with van der Waals surface area (Å²) >= 11 is 0. The summed E-state index contributed by atoms with van der Waals surface area (Å²) in [6.07, 6.45) is 0. The average Bonchev–Trinajstić information content (AvgIpc) is 3.35. The first kappa shape index (κ1) is 21.6. The van der Waals surface area contributed by atoms with Crippen LogP contribution in [0.25, 0.3) is 87.9 Å². The van der Waals surface area contributed by atoms with Crippen molar-refractivity contribution in [3.63, 3.8) is 0 Å². The number of pyridine rings is 1. The second kappa shape index (κ2) is 8.11. The fraction of sp³-hybridized carbons (Fsp3) is 0. The minimum absolute atomic E-state index is 1.02. The molecule has 0 saturated carbocycles. The van der Waals surface area contributed by atoms with Gasteiger partial charge in [-0.3, -0.25) is 0 Å². The number of hydrogen-bond acceptors (Lipinski definition) is 1. The van der Waals surface area contributed by atoms with Gasteiger partial charge in [0.25, 0.3) is 0 Å². The van der Waals surface area contributed by atoms with E-state index in [0.29, 0.717) is 0 Å². The molecule has 7 aromatic carbocycles. The monoisotopic (exact) mass is 505 g/mol. The van der Waals surface area contributed by atoms with Crippen molar-refractivity contribution in [3.05, 3.63) is 140 Å². The Balaban J connectivity index is 1.13. The van der Waals surface area contributed by atoms with Crippen molar-refractivity contribution < 1.29 is 0 Å². The lowest BCUT2D eigenvalue weighted by Gasteiger charge is -2.11. The van der Waals surface area contributed by atoms with Crippen molar-refractivity contribution >= 4 is 43.4 Å². The van der Waals surface area contributed by atoms with Gasteiger partial charge < -0.3 is 0 Å². The molecule has 0 atom stereocenters. The lowest BCUT2D eigenvalue weighted by molar-refractivity contribution is 1.50. The summed E-state index contributed by atoms with van der Waals surface area (Å²) in [4.78, 5) is 5.05. The van der Waals surface area contributed by atoms with Gasteiger partial charge in [-0.2, -0.15) is 0 Å². The van der Waals surface area contributed by atoms with Crippen molar-refractivity contribution in [3.8, 4) is 44.5 Å². The van der Waals surface area contributed by atoms with Gasteiger partial charge in [0.1, 0.15) is 0 Å². The Morgan fingerprint density at radius 2 is 0.975 bits per heavy atom. The van der Waals surface area contributed by atoms with Crippen LogP contribution in [0.5, 0.6) is 0 Å². The van der Waals surface area contributed by atoms with Crippen LogP contribution in [0.3, 0.4) is 0 Å². The molecular formula is C39H23N. The maximum Gasteiger partial charge on any atom is 0.0716 e. The number of rotatable bonds is 2. The van der Waals surface area contributed by atoms with Gasteiger partial charge in [-0.15, -0.1) is 0 Å². The van der Waals surface area contributed by atoms with Gasteiger partial charge in [0.2, 0.25) is 0 Å². The van der Waals surface area contributed by atoms with Gasteiger partial charge in [-0.05, 0) is 84.3 Å². The van der Waals surface area contributed by atoms with Crippen LogP contribution in [0.15, 0.2) is 140 Å². The molecule has 1 heterocycles. The van der Waals surface area contributed by atoms with Crippen LogP contribution >= 0.6 is 0 Å². The zero-order chi connectivity index (χ0) is 26.2. The first-order valence-corrected chi connectivity index (χ1v) is 13.8. The Morgan fingerprint density at radius 3 is 1.85 bits per heavy atom. The van der Waals surface area contributed by atoms with E-state index in [1.165, 1.54) is 71.4 Å². The standard InChI is InChI=1S/C39H23N/c1-2-7-29-25(6-1)18-21-37-36(29)22-28-17-16-27(23-38(28)40-37)24-12-14-26(15-13-24)30-19-20-35-32-9-4-3-8-31(32)34-11-5-10-33(30)39(34)35/h1-23H. The van der Waals surface area contributed by atoms with E-state index in [2.05, 4.69) is 140 Å². The normalized spacial score (nSPS) is 12.0. The maximum atomic E-state index is 5.05. The SMILES string of the molecule is c1ccc2c(c1)-c1cccc3c(-c4ccc(-c5ccc6cc7c(ccc8ccccc87)nc6c5)cc4)ccc-2c13. The third-order valence-electron chi connectivity index (χ3n) is 8.60. The zero-order valence-corrected chi connectivity index (χ0v) is 21.7. The molecule has 1 aromatic heterocycles. The zero-order valence-electron chi connectivity index (χ0n) is 21.7. The van der Waals surface area contributed by atoms with Crippen LogP contribution in [0.2, 0.25) is 0 Å². The largest absolute Gasteiger partial charge is 0.248 e.